The van der Waals surface area contributed by atoms with Crippen LogP contribution in [0.5, 0.6) is 0 Å². The van der Waals surface area contributed by atoms with Gasteiger partial charge in [-0.15, -0.1) is 0 Å². The summed E-state index contributed by atoms with van der Waals surface area (Å²) < 4.78 is 24.3. The summed E-state index contributed by atoms with van der Waals surface area (Å²) in [4.78, 5) is 1.89. The molecule has 1 aliphatic rings. The van der Waals surface area contributed by atoms with E-state index in [1.807, 2.05) is 11.8 Å². The molecule has 0 saturated carbocycles. The Morgan fingerprint density at radius 2 is 2.00 bits per heavy atom. The number of nitrogens with zero attached hydrogens (tertiary/aromatic N) is 1. The molecule has 1 fully saturated rings. The first-order valence-corrected chi connectivity index (χ1v) is 4.97. The molecule has 0 radical (unpaired) electrons. The molecule has 78 valence electrons. The van der Waals surface area contributed by atoms with E-state index in [1.54, 1.807) is 0 Å². The fourth-order valence-electron chi connectivity index (χ4n) is 1.89. The van der Waals surface area contributed by atoms with E-state index in [9.17, 15) is 8.78 Å². The normalized spacial score (nSPS) is 20.1. The maximum absolute atomic E-state index is 12.2. The van der Waals surface area contributed by atoms with Crippen molar-refractivity contribution in [2.45, 2.75) is 32.2 Å². The predicted molar refractivity (Wildman–Crippen MR) is 49.1 cm³/mol. The Hall–Kier alpha value is -0.220. The topological polar surface area (TPSA) is 15.3 Å². The van der Waals surface area contributed by atoms with Crippen molar-refractivity contribution in [1.82, 2.24) is 10.2 Å². The fourth-order valence-corrected chi connectivity index (χ4v) is 1.89. The van der Waals surface area contributed by atoms with E-state index in [2.05, 4.69) is 5.32 Å². The minimum Gasteiger partial charge on any atom is -0.317 e. The Labute approximate surface area is 78.3 Å². The Balaban J connectivity index is 2.34. The van der Waals surface area contributed by atoms with Gasteiger partial charge in [0.15, 0.2) is 0 Å². The van der Waals surface area contributed by atoms with Crippen molar-refractivity contribution < 1.29 is 8.78 Å². The Bertz CT molecular complexity index is 136. The zero-order valence-electron chi connectivity index (χ0n) is 8.10. The first-order chi connectivity index (χ1) is 6.24. The van der Waals surface area contributed by atoms with Gasteiger partial charge in [-0.3, -0.25) is 4.90 Å². The van der Waals surface area contributed by atoms with Gasteiger partial charge in [0.25, 0.3) is 6.43 Å². The second-order valence-electron chi connectivity index (χ2n) is 3.46. The van der Waals surface area contributed by atoms with Crippen LogP contribution < -0.4 is 5.32 Å². The molecular weight excluding hydrogens is 174 g/mol. The average molecular weight is 192 g/mol. The van der Waals surface area contributed by atoms with Gasteiger partial charge in [-0.2, -0.15) is 0 Å². The number of rotatable bonds is 4. The van der Waals surface area contributed by atoms with E-state index in [0.717, 1.165) is 32.5 Å². The monoisotopic (exact) mass is 192 g/mol. The number of hydrogen-bond acceptors (Lipinski definition) is 2. The molecule has 1 rings (SSSR count). The lowest BCUT2D eigenvalue weighted by Crippen LogP contribution is -2.44. The third-order valence-electron chi connectivity index (χ3n) is 2.60. The summed E-state index contributed by atoms with van der Waals surface area (Å²) in [7, 11) is 0. The number of piperidine rings is 1. The van der Waals surface area contributed by atoms with Crippen LogP contribution in [-0.4, -0.2) is 43.5 Å². The van der Waals surface area contributed by atoms with Gasteiger partial charge < -0.3 is 5.32 Å². The molecular formula is C9H18F2N2. The van der Waals surface area contributed by atoms with Crippen LogP contribution in [0.15, 0.2) is 0 Å². The standard InChI is InChI=1S/C9H18F2N2/c1-2-13(7-9(10)11)8-3-5-12-6-4-8/h8-9,12H,2-7H2,1H3. The summed E-state index contributed by atoms with van der Waals surface area (Å²) in [6.45, 7) is 4.54. The van der Waals surface area contributed by atoms with Crippen LogP contribution in [-0.2, 0) is 0 Å². The van der Waals surface area contributed by atoms with Crippen molar-refractivity contribution in [1.29, 1.82) is 0 Å². The summed E-state index contributed by atoms with van der Waals surface area (Å²) in [6, 6.07) is 0.361. The molecule has 1 heterocycles. The molecule has 0 aromatic carbocycles. The zero-order valence-corrected chi connectivity index (χ0v) is 8.10. The number of nitrogens with one attached hydrogen (secondary N) is 1. The van der Waals surface area contributed by atoms with Crippen LogP contribution >= 0.6 is 0 Å². The molecule has 0 bridgehead atoms. The van der Waals surface area contributed by atoms with Crippen molar-refractivity contribution in [2.24, 2.45) is 0 Å². The van der Waals surface area contributed by atoms with Gasteiger partial charge in [-0.1, -0.05) is 6.92 Å². The van der Waals surface area contributed by atoms with Crippen molar-refractivity contribution in [2.75, 3.05) is 26.2 Å². The summed E-state index contributed by atoms with van der Waals surface area (Å²) in [5, 5.41) is 3.23. The Morgan fingerprint density at radius 1 is 1.38 bits per heavy atom. The molecule has 0 spiro atoms. The highest BCUT2D eigenvalue weighted by Crippen LogP contribution is 2.12. The van der Waals surface area contributed by atoms with Gasteiger partial charge in [0.1, 0.15) is 0 Å². The molecule has 4 heteroatoms. The minimum absolute atomic E-state index is 0.0683. The van der Waals surface area contributed by atoms with E-state index in [1.165, 1.54) is 0 Å². The van der Waals surface area contributed by atoms with Crippen molar-refractivity contribution >= 4 is 0 Å². The van der Waals surface area contributed by atoms with Crippen molar-refractivity contribution in [3.63, 3.8) is 0 Å². The first-order valence-electron chi connectivity index (χ1n) is 4.97. The Morgan fingerprint density at radius 3 is 2.46 bits per heavy atom. The molecule has 2 nitrogen and oxygen atoms in total. The third kappa shape index (κ3) is 3.56. The minimum atomic E-state index is -2.20. The first kappa shape index (κ1) is 10.9. The van der Waals surface area contributed by atoms with E-state index in [-0.39, 0.29) is 6.54 Å². The second kappa shape index (κ2) is 5.50. The molecule has 0 amide bonds. The van der Waals surface area contributed by atoms with Gasteiger partial charge in [0.05, 0.1) is 6.54 Å². The highest BCUT2D eigenvalue weighted by Gasteiger charge is 2.21. The van der Waals surface area contributed by atoms with Gasteiger partial charge in [0, 0.05) is 6.04 Å². The van der Waals surface area contributed by atoms with Gasteiger partial charge in [0.2, 0.25) is 0 Å². The number of halogens is 2. The third-order valence-corrected chi connectivity index (χ3v) is 2.60. The molecule has 0 atom stereocenters. The predicted octanol–water partition coefficient (Wildman–Crippen LogP) is 1.33. The van der Waals surface area contributed by atoms with Gasteiger partial charge >= 0.3 is 0 Å². The molecule has 13 heavy (non-hydrogen) atoms. The highest BCUT2D eigenvalue weighted by molar-refractivity contribution is 4.77. The lowest BCUT2D eigenvalue weighted by molar-refractivity contribution is 0.0597. The lowest BCUT2D eigenvalue weighted by atomic mass is 10.1. The van der Waals surface area contributed by atoms with E-state index in [4.69, 9.17) is 0 Å². The summed E-state index contributed by atoms with van der Waals surface area (Å²) in [6.07, 6.45) is -0.198. The molecule has 1 aliphatic heterocycles. The summed E-state index contributed by atoms with van der Waals surface area (Å²) in [5.41, 5.74) is 0. The number of hydrogen-bond donors (Lipinski definition) is 1. The van der Waals surface area contributed by atoms with Crippen LogP contribution in [0.25, 0.3) is 0 Å². The second-order valence-corrected chi connectivity index (χ2v) is 3.46. The van der Waals surface area contributed by atoms with E-state index in [0.29, 0.717) is 6.04 Å². The summed E-state index contributed by atoms with van der Waals surface area (Å²) >= 11 is 0. The van der Waals surface area contributed by atoms with Crippen molar-refractivity contribution in [3.8, 4) is 0 Å². The maximum atomic E-state index is 12.2. The van der Waals surface area contributed by atoms with Crippen LogP contribution in [0, 0.1) is 0 Å². The smallest absolute Gasteiger partial charge is 0.251 e. The van der Waals surface area contributed by atoms with Crippen LogP contribution in [0.1, 0.15) is 19.8 Å². The van der Waals surface area contributed by atoms with Gasteiger partial charge in [-0.25, -0.2) is 8.78 Å². The number of alkyl halides is 2. The van der Waals surface area contributed by atoms with Crippen LogP contribution in [0.2, 0.25) is 0 Å². The maximum Gasteiger partial charge on any atom is 0.251 e. The van der Waals surface area contributed by atoms with E-state index < -0.39 is 6.43 Å². The van der Waals surface area contributed by atoms with Crippen molar-refractivity contribution in [3.05, 3.63) is 0 Å². The average Bonchev–Trinajstić information content (AvgIpc) is 2.15. The lowest BCUT2D eigenvalue weighted by Gasteiger charge is -2.33. The van der Waals surface area contributed by atoms with Crippen LogP contribution in [0.3, 0.4) is 0 Å². The molecule has 1 saturated heterocycles. The Kier molecular flexibility index (Phi) is 4.59. The largest absolute Gasteiger partial charge is 0.317 e. The quantitative estimate of drug-likeness (QED) is 0.722. The SMILES string of the molecule is CCN(CC(F)F)C1CCNCC1. The van der Waals surface area contributed by atoms with Crippen LogP contribution in [0.4, 0.5) is 8.78 Å². The van der Waals surface area contributed by atoms with Gasteiger partial charge in [-0.05, 0) is 32.5 Å². The molecule has 0 aromatic rings. The summed E-state index contributed by atoms with van der Waals surface area (Å²) in [5.74, 6) is 0. The highest BCUT2D eigenvalue weighted by atomic mass is 19.3. The van der Waals surface area contributed by atoms with E-state index >= 15 is 0 Å². The molecule has 0 aromatic heterocycles. The molecule has 1 N–H and O–H groups in total. The molecule has 0 unspecified atom stereocenters. The zero-order chi connectivity index (χ0) is 9.68. The fraction of sp³-hybridized carbons (Fsp3) is 1.00. The molecule has 0 aliphatic carbocycles.